The first kappa shape index (κ1) is 21.5. The van der Waals surface area contributed by atoms with Gasteiger partial charge in [0.1, 0.15) is 0 Å². The third kappa shape index (κ3) is 3.94. The van der Waals surface area contributed by atoms with Gasteiger partial charge >= 0.3 is 0 Å². The number of pyridine rings is 1. The summed E-state index contributed by atoms with van der Waals surface area (Å²) in [5.74, 6) is -1.53. The van der Waals surface area contributed by atoms with E-state index in [0.717, 1.165) is 16.5 Å². The van der Waals surface area contributed by atoms with E-state index in [1.54, 1.807) is 18.3 Å². The number of amides is 3. The molecule has 0 aliphatic carbocycles. The van der Waals surface area contributed by atoms with Crippen LogP contribution in [0, 0.1) is 6.92 Å². The van der Waals surface area contributed by atoms with Crippen LogP contribution in [0.3, 0.4) is 0 Å². The Morgan fingerprint density at radius 1 is 0.971 bits per heavy atom. The van der Waals surface area contributed by atoms with Gasteiger partial charge in [-0.25, -0.2) is 0 Å². The summed E-state index contributed by atoms with van der Waals surface area (Å²) in [6.45, 7) is 2.06. The van der Waals surface area contributed by atoms with Gasteiger partial charge in [0, 0.05) is 23.6 Å². The maximum atomic E-state index is 13.5. The average Bonchev–Trinajstić information content (AvgIpc) is 3.13. The van der Waals surface area contributed by atoms with E-state index in [1.807, 2.05) is 73.7 Å². The zero-order chi connectivity index (χ0) is 23.7. The number of carbonyl (C=O) groups excluding carboxylic acids is 3. The van der Waals surface area contributed by atoms with Gasteiger partial charge in [-0.05, 0) is 35.7 Å². The highest BCUT2D eigenvalue weighted by Gasteiger charge is 2.41. The van der Waals surface area contributed by atoms with Crippen molar-refractivity contribution in [3.63, 3.8) is 0 Å². The lowest BCUT2D eigenvalue weighted by Gasteiger charge is -2.18. The Kier molecular flexibility index (Phi) is 5.64. The number of hydrogen-bond acceptors (Lipinski definition) is 4. The zero-order valence-corrected chi connectivity index (χ0v) is 18.7. The predicted octanol–water partition coefficient (Wildman–Crippen LogP) is 4.84. The number of rotatable bonds is 5. The number of carbonyl (C=O) groups is 3. The molecular formula is C28H23N3O3. The van der Waals surface area contributed by atoms with Crippen molar-refractivity contribution in [2.24, 2.45) is 0 Å². The Morgan fingerprint density at radius 3 is 2.56 bits per heavy atom. The molecule has 0 spiro atoms. The number of para-hydroxylation sites is 1. The van der Waals surface area contributed by atoms with E-state index < -0.39 is 5.92 Å². The first-order valence-corrected chi connectivity index (χ1v) is 11.2. The largest absolute Gasteiger partial charge is 0.320 e. The lowest BCUT2D eigenvalue weighted by atomic mass is 9.89. The molecule has 1 aliphatic rings. The first-order valence-electron chi connectivity index (χ1n) is 11.2. The molecule has 1 unspecified atom stereocenters. The number of fused-ring (bicyclic) bond motifs is 1. The van der Waals surface area contributed by atoms with Crippen LogP contribution in [-0.4, -0.2) is 27.6 Å². The molecule has 3 aromatic carbocycles. The van der Waals surface area contributed by atoms with E-state index in [2.05, 4.69) is 10.3 Å². The van der Waals surface area contributed by atoms with Gasteiger partial charge in [0.2, 0.25) is 11.8 Å². The Morgan fingerprint density at radius 2 is 1.74 bits per heavy atom. The molecule has 6 heteroatoms. The third-order valence-corrected chi connectivity index (χ3v) is 6.22. The molecule has 168 valence electrons. The van der Waals surface area contributed by atoms with Crippen LogP contribution in [-0.2, 0) is 16.1 Å². The van der Waals surface area contributed by atoms with Gasteiger partial charge in [-0.1, -0.05) is 66.7 Å². The van der Waals surface area contributed by atoms with Gasteiger partial charge in [-0.15, -0.1) is 0 Å². The summed E-state index contributed by atoms with van der Waals surface area (Å²) in [4.78, 5) is 45.2. The first-order chi connectivity index (χ1) is 16.5. The van der Waals surface area contributed by atoms with Crippen LogP contribution >= 0.6 is 0 Å². The van der Waals surface area contributed by atoms with Crippen LogP contribution in [0.4, 0.5) is 5.69 Å². The maximum absolute atomic E-state index is 13.5. The summed E-state index contributed by atoms with van der Waals surface area (Å²) < 4.78 is 0. The lowest BCUT2D eigenvalue weighted by molar-refractivity contribution is -0.139. The van der Waals surface area contributed by atoms with Crippen molar-refractivity contribution in [3.05, 3.63) is 107 Å². The Hall–Kier alpha value is -4.32. The van der Waals surface area contributed by atoms with E-state index in [9.17, 15) is 14.4 Å². The number of benzene rings is 3. The number of aryl methyl sites for hydroxylation is 1. The topological polar surface area (TPSA) is 79.4 Å². The van der Waals surface area contributed by atoms with Gasteiger partial charge < -0.3 is 5.32 Å². The van der Waals surface area contributed by atoms with E-state index in [4.69, 9.17) is 0 Å². The minimum atomic E-state index is -0.692. The highest BCUT2D eigenvalue weighted by Crippen LogP contribution is 2.34. The van der Waals surface area contributed by atoms with Gasteiger partial charge in [0.25, 0.3) is 5.91 Å². The molecule has 6 nitrogen and oxygen atoms in total. The fourth-order valence-corrected chi connectivity index (χ4v) is 4.54. The van der Waals surface area contributed by atoms with Crippen molar-refractivity contribution in [2.45, 2.75) is 25.8 Å². The normalized spacial score (nSPS) is 15.7. The number of aromatic nitrogens is 1. The Balaban J connectivity index is 1.46. The number of nitrogens with zero attached hydrogens (tertiary/aromatic N) is 2. The van der Waals surface area contributed by atoms with Gasteiger partial charge in [0.15, 0.2) is 0 Å². The monoisotopic (exact) mass is 449 g/mol. The highest BCUT2D eigenvalue weighted by molar-refractivity contribution is 6.12. The highest BCUT2D eigenvalue weighted by atomic mass is 16.2. The van der Waals surface area contributed by atoms with Crippen LogP contribution in [0.25, 0.3) is 10.9 Å². The predicted molar refractivity (Wildman–Crippen MR) is 130 cm³/mol. The minimum absolute atomic E-state index is 0.0468. The molecule has 1 atom stereocenters. The summed E-state index contributed by atoms with van der Waals surface area (Å²) in [5, 5.41) is 3.89. The SMILES string of the molecule is Cc1cccc(C2CC(=O)N(Cc3ccccc3)C2=O)c1C(=O)Nc1cccc2cccnc12. The second-order valence-electron chi connectivity index (χ2n) is 8.43. The molecule has 5 rings (SSSR count). The molecule has 1 N–H and O–H groups in total. The Labute approximate surface area is 197 Å². The van der Waals surface area contributed by atoms with Crippen molar-refractivity contribution < 1.29 is 14.4 Å². The maximum Gasteiger partial charge on any atom is 0.256 e. The fraction of sp³-hybridized carbons (Fsp3) is 0.143. The molecule has 0 radical (unpaired) electrons. The van der Waals surface area contributed by atoms with E-state index in [-0.39, 0.29) is 30.7 Å². The van der Waals surface area contributed by atoms with Gasteiger partial charge in [0.05, 0.1) is 23.7 Å². The molecule has 0 bridgehead atoms. The molecule has 4 aromatic rings. The summed E-state index contributed by atoms with van der Waals surface area (Å²) in [7, 11) is 0. The number of likely N-dealkylation sites (tertiary alicyclic amines) is 1. The summed E-state index contributed by atoms with van der Waals surface area (Å²) in [6, 6.07) is 24.2. The van der Waals surface area contributed by atoms with Crippen LogP contribution < -0.4 is 5.32 Å². The summed E-state index contributed by atoms with van der Waals surface area (Å²) in [6.07, 6.45) is 1.73. The quantitative estimate of drug-likeness (QED) is 0.442. The van der Waals surface area contributed by atoms with Crippen molar-refractivity contribution >= 4 is 34.3 Å². The molecule has 1 fully saturated rings. The molecule has 1 aliphatic heterocycles. The standard InChI is InChI=1S/C28H23N3O3/c1-18-8-5-13-21(22-16-24(32)31(28(22)34)17-19-9-3-2-4-10-19)25(18)27(33)30-23-14-6-11-20-12-7-15-29-26(20)23/h2-15,22H,16-17H2,1H3,(H,30,33). The van der Waals surface area contributed by atoms with Crippen molar-refractivity contribution in [1.29, 1.82) is 0 Å². The zero-order valence-electron chi connectivity index (χ0n) is 18.7. The molecule has 1 saturated heterocycles. The van der Waals surface area contributed by atoms with Crippen LogP contribution in [0.5, 0.6) is 0 Å². The molecule has 3 amide bonds. The summed E-state index contributed by atoms with van der Waals surface area (Å²) in [5.41, 5.74) is 3.90. The second kappa shape index (κ2) is 8.90. The number of nitrogens with one attached hydrogen (secondary N) is 1. The Bertz CT molecular complexity index is 1410. The molecule has 1 aromatic heterocycles. The number of imide groups is 1. The van der Waals surface area contributed by atoms with Crippen LogP contribution in [0.1, 0.15) is 39.4 Å². The van der Waals surface area contributed by atoms with Crippen molar-refractivity contribution in [3.8, 4) is 0 Å². The average molecular weight is 450 g/mol. The van der Waals surface area contributed by atoms with Crippen LogP contribution in [0.15, 0.2) is 85.1 Å². The smallest absolute Gasteiger partial charge is 0.256 e. The van der Waals surface area contributed by atoms with Gasteiger partial charge in [-0.3, -0.25) is 24.3 Å². The number of hydrogen-bond donors (Lipinski definition) is 1. The van der Waals surface area contributed by atoms with E-state index >= 15 is 0 Å². The molecule has 34 heavy (non-hydrogen) atoms. The van der Waals surface area contributed by atoms with Crippen molar-refractivity contribution in [2.75, 3.05) is 5.32 Å². The number of anilines is 1. The summed E-state index contributed by atoms with van der Waals surface area (Å²) >= 11 is 0. The van der Waals surface area contributed by atoms with E-state index in [0.29, 0.717) is 22.3 Å². The minimum Gasteiger partial charge on any atom is -0.320 e. The third-order valence-electron chi connectivity index (χ3n) is 6.22. The van der Waals surface area contributed by atoms with Crippen LogP contribution in [0.2, 0.25) is 0 Å². The molecule has 0 saturated carbocycles. The van der Waals surface area contributed by atoms with Crippen molar-refractivity contribution in [1.82, 2.24) is 9.88 Å². The fourth-order valence-electron chi connectivity index (χ4n) is 4.54. The molecular weight excluding hydrogens is 426 g/mol. The van der Waals surface area contributed by atoms with E-state index in [1.165, 1.54) is 4.90 Å². The lowest BCUT2D eigenvalue weighted by Crippen LogP contribution is -2.30. The molecule has 2 heterocycles. The van der Waals surface area contributed by atoms with Gasteiger partial charge in [-0.2, -0.15) is 0 Å². The second-order valence-corrected chi connectivity index (χ2v) is 8.43.